The average molecular weight is 320 g/mol. The summed E-state index contributed by atoms with van der Waals surface area (Å²) in [6.07, 6.45) is -0.253. The van der Waals surface area contributed by atoms with Crippen molar-refractivity contribution in [1.82, 2.24) is 10.5 Å². The van der Waals surface area contributed by atoms with Gasteiger partial charge in [0.05, 0.1) is 24.6 Å². The Hall–Kier alpha value is -2.70. The normalized spacial score (nSPS) is 12.0. The van der Waals surface area contributed by atoms with Crippen molar-refractivity contribution in [1.29, 1.82) is 0 Å². The molecule has 1 amide bonds. The van der Waals surface area contributed by atoms with Gasteiger partial charge in [-0.3, -0.25) is 9.59 Å². The van der Waals surface area contributed by atoms with Crippen LogP contribution in [0.4, 0.5) is 4.39 Å². The van der Waals surface area contributed by atoms with E-state index in [4.69, 9.17) is 9.63 Å². The van der Waals surface area contributed by atoms with Crippen LogP contribution in [-0.2, 0) is 16.0 Å². The number of rotatable bonds is 6. The van der Waals surface area contributed by atoms with E-state index in [1.54, 1.807) is 13.8 Å². The number of amides is 1. The summed E-state index contributed by atoms with van der Waals surface area (Å²) in [5.74, 6) is -1.29. The summed E-state index contributed by atoms with van der Waals surface area (Å²) in [7, 11) is 0. The van der Waals surface area contributed by atoms with Crippen LogP contribution in [-0.4, -0.2) is 22.1 Å². The highest BCUT2D eigenvalue weighted by atomic mass is 19.1. The molecule has 23 heavy (non-hydrogen) atoms. The molecule has 0 aliphatic heterocycles. The molecule has 1 aromatic carbocycles. The molecule has 0 bridgehead atoms. The molecule has 0 saturated carbocycles. The number of hydrogen-bond donors (Lipinski definition) is 2. The third kappa shape index (κ3) is 4.38. The number of aromatic nitrogens is 1. The lowest BCUT2D eigenvalue weighted by atomic mass is 10.0. The van der Waals surface area contributed by atoms with E-state index < -0.39 is 17.8 Å². The molecule has 2 N–H and O–H groups in total. The minimum atomic E-state index is -1.06. The van der Waals surface area contributed by atoms with Gasteiger partial charge in [-0.15, -0.1) is 0 Å². The topological polar surface area (TPSA) is 92.4 Å². The standard InChI is InChI=1S/C16H17FN2O4/c1-9-13(10(2)23-19-9)7-15(20)18-14(8-16(21)22)11-3-5-12(17)6-4-11/h3-6,14H,7-8H2,1-2H3,(H,18,20)(H,21,22). The third-order valence-corrected chi connectivity index (χ3v) is 3.50. The number of aliphatic carboxylic acids is 1. The van der Waals surface area contributed by atoms with Crippen LogP contribution in [0, 0.1) is 19.7 Å². The average Bonchev–Trinajstić information content (AvgIpc) is 2.79. The van der Waals surface area contributed by atoms with Crippen molar-refractivity contribution in [2.45, 2.75) is 32.7 Å². The van der Waals surface area contributed by atoms with E-state index in [1.165, 1.54) is 24.3 Å². The third-order valence-electron chi connectivity index (χ3n) is 3.50. The summed E-state index contributed by atoms with van der Waals surface area (Å²) >= 11 is 0. The van der Waals surface area contributed by atoms with E-state index in [-0.39, 0.29) is 18.7 Å². The zero-order valence-electron chi connectivity index (χ0n) is 12.8. The first-order chi connectivity index (χ1) is 10.9. The van der Waals surface area contributed by atoms with Crippen molar-refractivity contribution in [2.75, 3.05) is 0 Å². The van der Waals surface area contributed by atoms with Crippen LogP contribution >= 0.6 is 0 Å². The smallest absolute Gasteiger partial charge is 0.305 e. The van der Waals surface area contributed by atoms with Gasteiger partial charge in [0.25, 0.3) is 0 Å². The Kier molecular flexibility index (Phi) is 5.10. The quantitative estimate of drug-likeness (QED) is 0.852. The zero-order valence-corrected chi connectivity index (χ0v) is 12.8. The second-order valence-corrected chi connectivity index (χ2v) is 5.25. The monoisotopic (exact) mass is 320 g/mol. The van der Waals surface area contributed by atoms with Gasteiger partial charge in [0.2, 0.25) is 5.91 Å². The van der Waals surface area contributed by atoms with Crippen molar-refractivity contribution < 1.29 is 23.6 Å². The van der Waals surface area contributed by atoms with Crippen LogP contribution in [0.5, 0.6) is 0 Å². The minimum Gasteiger partial charge on any atom is -0.481 e. The molecule has 1 aromatic heterocycles. The lowest BCUT2D eigenvalue weighted by Gasteiger charge is -2.17. The van der Waals surface area contributed by atoms with Gasteiger partial charge in [-0.1, -0.05) is 17.3 Å². The van der Waals surface area contributed by atoms with Crippen molar-refractivity contribution in [3.63, 3.8) is 0 Å². The highest BCUT2D eigenvalue weighted by Crippen LogP contribution is 2.19. The van der Waals surface area contributed by atoms with Crippen LogP contribution in [0.3, 0.4) is 0 Å². The Bertz CT molecular complexity index is 690. The number of carboxylic acids is 1. The van der Waals surface area contributed by atoms with Crippen LogP contribution in [0.1, 0.15) is 35.0 Å². The lowest BCUT2D eigenvalue weighted by molar-refractivity contribution is -0.137. The van der Waals surface area contributed by atoms with Crippen LogP contribution in [0.25, 0.3) is 0 Å². The van der Waals surface area contributed by atoms with Crippen molar-refractivity contribution >= 4 is 11.9 Å². The molecule has 0 fully saturated rings. The van der Waals surface area contributed by atoms with E-state index in [2.05, 4.69) is 10.5 Å². The van der Waals surface area contributed by atoms with Crippen molar-refractivity contribution in [3.8, 4) is 0 Å². The molecule has 122 valence electrons. The number of aryl methyl sites for hydroxylation is 2. The predicted molar refractivity (Wildman–Crippen MR) is 79.2 cm³/mol. The molecule has 0 saturated heterocycles. The van der Waals surface area contributed by atoms with Gasteiger partial charge in [-0.25, -0.2) is 4.39 Å². The Morgan fingerprint density at radius 2 is 1.96 bits per heavy atom. The fourth-order valence-electron chi connectivity index (χ4n) is 2.28. The number of hydrogen-bond acceptors (Lipinski definition) is 4. The van der Waals surface area contributed by atoms with Gasteiger partial charge in [-0.2, -0.15) is 0 Å². The molecule has 2 aromatic rings. The van der Waals surface area contributed by atoms with Gasteiger partial charge >= 0.3 is 5.97 Å². The number of halogens is 1. The number of nitrogens with one attached hydrogen (secondary N) is 1. The van der Waals surface area contributed by atoms with Crippen LogP contribution < -0.4 is 5.32 Å². The highest BCUT2D eigenvalue weighted by Gasteiger charge is 2.20. The van der Waals surface area contributed by atoms with Crippen LogP contribution in [0.15, 0.2) is 28.8 Å². The first-order valence-corrected chi connectivity index (χ1v) is 7.05. The van der Waals surface area contributed by atoms with Crippen molar-refractivity contribution in [2.24, 2.45) is 0 Å². The Morgan fingerprint density at radius 3 is 2.48 bits per heavy atom. The lowest BCUT2D eigenvalue weighted by Crippen LogP contribution is -2.31. The Labute approximate surface area is 132 Å². The first-order valence-electron chi connectivity index (χ1n) is 7.05. The Balaban J connectivity index is 2.12. The number of benzene rings is 1. The molecule has 0 radical (unpaired) electrons. The van der Waals surface area contributed by atoms with Gasteiger partial charge in [0.15, 0.2) is 0 Å². The Morgan fingerprint density at radius 1 is 1.30 bits per heavy atom. The van der Waals surface area contributed by atoms with Gasteiger partial charge < -0.3 is 14.9 Å². The van der Waals surface area contributed by atoms with E-state index >= 15 is 0 Å². The summed E-state index contributed by atoms with van der Waals surface area (Å²) < 4.78 is 18.0. The first kappa shape index (κ1) is 16.7. The minimum absolute atomic E-state index is 0.0402. The number of carbonyl (C=O) groups excluding carboxylic acids is 1. The van der Waals surface area contributed by atoms with Gasteiger partial charge in [-0.05, 0) is 31.5 Å². The molecule has 2 rings (SSSR count). The fourth-order valence-corrected chi connectivity index (χ4v) is 2.28. The molecular weight excluding hydrogens is 303 g/mol. The maximum atomic E-state index is 13.0. The fraction of sp³-hybridized carbons (Fsp3) is 0.312. The number of carboxylic acid groups (broad SMARTS) is 1. The number of carbonyl (C=O) groups is 2. The summed E-state index contributed by atoms with van der Waals surface area (Å²) in [6, 6.07) is 4.63. The second kappa shape index (κ2) is 7.04. The molecular formula is C16H17FN2O4. The molecule has 1 heterocycles. The van der Waals surface area contributed by atoms with Gasteiger partial charge in [0, 0.05) is 5.56 Å². The summed E-state index contributed by atoms with van der Waals surface area (Å²) in [4.78, 5) is 23.2. The molecule has 6 nitrogen and oxygen atoms in total. The maximum absolute atomic E-state index is 13.0. The highest BCUT2D eigenvalue weighted by molar-refractivity contribution is 5.80. The SMILES string of the molecule is Cc1noc(C)c1CC(=O)NC(CC(=O)O)c1ccc(F)cc1. The summed E-state index contributed by atoms with van der Waals surface area (Å²) in [5.41, 5.74) is 1.82. The summed E-state index contributed by atoms with van der Waals surface area (Å²) in [5, 5.41) is 15.4. The molecule has 0 aliphatic carbocycles. The zero-order chi connectivity index (χ0) is 17.0. The molecule has 1 unspecified atom stereocenters. The van der Waals surface area contributed by atoms with E-state index in [0.717, 1.165) is 0 Å². The largest absolute Gasteiger partial charge is 0.481 e. The van der Waals surface area contributed by atoms with Crippen molar-refractivity contribution in [3.05, 3.63) is 52.7 Å². The molecule has 7 heteroatoms. The van der Waals surface area contributed by atoms with Crippen LogP contribution in [0.2, 0.25) is 0 Å². The second-order valence-electron chi connectivity index (χ2n) is 5.25. The van der Waals surface area contributed by atoms with E-state index in [9.17, 15) is 14.0 Å². The molecule has 0 aliphatic rings. The summed E-state index contributed by atoms with van der Waals surface area (Å²) in [6.45, 7) is 3.44. The van der Waals surface area contributed by atoms with Gasteiger partial charge in [0.1, 0.15) is 11.6 Å². The molecule has 0 spiro atoms. The van der Waals surface area contributed by atoms with E-state index in [0.29, 0.717) is 22.6 Å². The molecule has 1 atom stereocenters. The predicted octanol–water partition coefficient (Wildman–Crippen LogP) is 2.31. The number of nitrogens with zero attached hydrogens (tertiary/aromatic N) is 1. The van der Waals surface area contributed by atoms with E-state index in [1.807, 2.05) is 0 Å². The maximum Gasteiger partial charge on any atom is 0.305 e.